The van der Waals surface area contributed by atoms with Gasteiger partial charge in [0.1, 0.15) is 0 Å². The Morgan fingerprint density at radius 3 is 2.44 bits per heavy atom. The summed E-state index contributed by atoms with van der Waals surface area (Å²) in [5, 5.41) is 0.937. The standard InChI is InChI=1S/C17H20Cl2N2O3S/c18-15-3-1-13(11-16(15)19)2-4-17(22)21-8-6-20(7-9-21)14-5-10-25(23,24)12-14/h1-4,11,14H,5-10,12H2/b4-2+/t14-/m1/s1. The molecule has 0 unspecified atom stereocenters. The van der Waals surface area contributed by atoms with Crippen LogP contribution in [0, 0.1) is 0 Å². The average Bonchev–Trinajstić information content (AvgIpc) is 2.96. The highest BCUT2D eigenvalue weighted by Crippen LogP contribution is 2.23. The van der Waals surface area contributed by atoms with Gasteiger partial charge in [0, 0.05) is 38.3 Å². The second kappa shape index (κ2) is 7.66. The SMILES string of the molecule is O=C(/C=C/c1ccc(Cl)c(Cl)c1)N1CCN([C@@H]2CCS(=O)(=O)C2)CC1. The molecule has 136 valence electrons. The number of piperazine rings is 1. The van der Waals surface area contributed by atoms with Gasteiger partial charge >= 0.3 is 0 Å². The molecule has 25 heavy (non-hydrogen) atoms. The van der Waals surface area contributed by atoms with Crippen molar-refractivity contribution in [1.82, 2.24) is 9.80 Å². The van der Waals surface area contributed by atoms with E-state index in [0.717, 1.165) is 5.56 Å². The van der Waals surface area contributed by atoms with Gasteiger partial charge in [0.05, 0.1) is 21.6 Å². The highest BCUT2D eigenvalue weighted by Gasteiger charge is 2.34. The maximum atomic E-state index is 12.3. The molecule has 0 N–H and O–H groups in total. The molecule has 5 nitrogen and oxygen atoms in total. The predicted octanol–water partition coefficient (Wildman–Crippen LogP) is 2.34. The zero-order chi connectivity index (χ0) is 18.0. The highest BCUT2D eigenvalue weighted by atomic mass is 35.5. The lowest BCUT2D eigenvalue weighted by Gasteiger charge is -2.37. The maximum Gasteiger partial charge on any atom is 0.246 e. The third-order valence-electron chi connectivity index (χ3n) is 4.71. The molecule has 2 aliphatic rings. The number of hydrogen-bond donors (Lipinski definition) is 0. The molecule has 2 aliphatic heterocycles. The fourth-order valence-electron chi connectivity index (χ4n) is 3.26. The second-order valence-corrected chi connectivity index (χ2v) is 9.47. The van der Waals surface area contributed by atoms with Crippen LogP contribution in [0.15, 0.2) is 24.3 Å². The molecule has 3 rings (SSSR count). The maximum absolute atomic E-state index is 12.3. The first-order chi connectivity index (χ1) is 11.8. The van der Waals surface area contributed by atoms with E-state index in [1.165, 1.54) is 6.08 Å². The number of halogens is 2. The number of benzene rings is 1. The average molecular weight is 403 g/mol. The van der Waals surface area contributed by atoms with Gasteiger partial charge in [-0.15, -0.1) is 0 Å². The molecule has 0 bridgehead atoms. The number of nitrogens with zero attached hydrogens (tertiary/aromatic N) is 2. The lowest BCUT2D eigenvalue weighted by Crippen LogP contribution is -2.52. The van der Waals surface area contributed by atoms with Crippen LogP contribution in [0.25, 0.3) is 6.08 Å². The summed E-state index contributed by atoms with van der Waals surface area (Å²) >= 11 is 11.8. The van der Waals surface area contributed by atoms with Gasteiger partial charge in [-0.3, -0.25) is 9.69 Å². The van der Waals surface area contributed by atoms with Crippen LogP contribution < -0.4 is 0 Å². The third kappa shape index (κ3) is 4.76. The summed E-state index contributed by atoms with van der Waals surface area (Å²) in [6, 6.07) is 5.32. The van der Waals surface area contributed by atoms with Crippen molar-refractivity contribution in [1.29, 1.82) is 0 Å². The summed E-state index contributed by atoms with van der Waals surface area (Å²) in [5.41, 5.74) is 0.817. The van der Waals surface area contributed by atoms with Gasteiger partial charge in [0.15, 0.2) is 9.84 Å². The molecule has 1 atom stereocenters. The first-order valence-corrected chi connectivity index (χ1v) is 10.8. The summed E-state index contributed by atoms with van der Waals surface area (Å²) in [4.78, 5) is 16.3. The second-order valence-electron chi connectivity index (χ2n) is 6.42. The van der Waals surface area contributed by atoms with Gasteiger partial charge in [-0.2, -0.15) is 0 Å². The fourth-order valence-corrected chi connectivity index (χ4v) is 5.33. The van der Waals surface area contributed by atoms with Crippen LogP contribution in [0.3, 0.4) is 0 Å². The van der Waals surface area contributed by atoms with E-state index in [1.807, 2.05) is 0 Å². The van der Waals surface area contributed by atoms with Crippen molar-refractivity contribution in [3.63, 3.8) is 0 Å². The predicted molar refractivity (Wildman–Crippen MR) is 101 cm³/mol. The van der Waals surface area contributed by atoms with Gasteiger partial charge in [0.25, 0.3) is 0 Å². The molecule has 0 aromatic heterocycles. The molecule has 0 spiro atoms. The van der Waals surface area contributed by atoms with Gasteiger partial charge in [-0.05, 0) is 30.2 Å². The molecule has 2 saturated heterocycles. The minimum Gasteiger partial charge on any atom is -0.337 e. The number of sulfone groups is 1. The topological polar surface area (TPSA) is 57.7 Å². The number of hydrogen-bond acceptors (Lipinski definition) is 4. The Kier molecular flexibility index (Phi) is 5.73. The molecule has 0 saturated carbocycles. The van der Waals surface area contributed by atoms with E-state index in [9.17, 15) is 13.2 Å². The van der Waals surface area contributed by atoms with Gasteiger partial charge < -0.3 is 4.90 Å². The van der Waals surface area contributed by atoms with Crippen LogP contribution in [0.1, 0.15) is 12.0 Å². The van der Waals surface area contributed by atoms with Gasteiger partial charge in [-0.1, -0.05) is 29.3 Å². The van der Waals surface area contributed by atoms with E-state index in [4.69, 9.17) is 23.2 Å². The molecule has 8 heteroatoms. The Morgan fingerprint density at radius 2 is 1.84 bits per heavy atom. The van der Waals surface area contributed by atoms with Crippen LogP contribution in [-0.4, -0.2) is 67.9 Å². The molecule has 2 heterocycles. The van der Waals surface area contributed by atoms with Crippen LogP contribution >= 0.6 is 23.2 Å². The van der Waals surface area contributed by atoms with E-state index >= 15 is 0 Å². The number of rotatable bonds is 3. The van der Waals surface area contributed by atoms with E-state index in [2.05, 4.69) is 4.90 Å². The Bertz CT molecular complexity index is 787. The van der Waals surface area contributed by atoms with E-state index < -0.39 is 9.84 Å². The van der Waals surface area contributed by atoms with Crippen molar-refractivity contribution in [3.05, 3.63) is 39.9 Å². The summed E-state index contributed by atoms with van der Waals surface area (Å²) in [6.45, 7) is 2.65. The monoisotopic (exact) mass is 402 g/mol. The van der Waals surface area contributed by atoms with Gasteiger partial charge in [-0.25, -0.2) is 8.42 Å². The molecule has 1 amide bonds. The smallest absolute Gasteiger partial charge is 0.246 e. The normalized spacial score (nSPS) is 24.1. The molecule has 1 aromatic carbocycles. The third-order valence-corrected chi connectivity index (χ3v) is 7.20. The Labute approximate surface area is 158 Å². The molecular formula is C17H20Cl2N2O3S. The molecule has 1 aromatic rings. The van der Waals surface area contributed by atoms with Gasteiger partial charge in [0.2, 0.25) is 5.91 Å². The summed E-state index contributed by atoms with van der Waals surface area (Å²) in [6.07, 6.45) is 3.96. The Balaban J connectivity index is 1.53. The van der Waals surface area contributed by atoms with Crippen molar-refractivity contribution >= 4 is 45.0 Å². The molecule has 0 aliphatic carbocycles. The minimum absolute atomic E-state index is 0.0511. The summed E-state index contributed by atoms with van der Waals surface area (Å²) < 4.78 is 23.2. The largest absolute Gasteiger partial charge is 0.337 e. The molecule has 2 fully saturated rings. The highest BCUT2D eigenvalue weighted by molar-refractivity contribution is 7.91. The van der Waals surface area contributed by atoms with Crippen molar-refractivity contribution < 1.29 is 13.2 Å². The van der Waals surface area contributed by atoms with Crippen molar-refractivity contribution in [3.8, 4) is 0 Å². The van der Waals surface area contributed by atoms with E-state index in [0.29, 0.717) is 42.6 Å². The molecular weight excluding hydrogens is 383 g/mol. The minimum atomic E-state index is -2.87. The van der Waals surface area contributed by atoms with Crippen molar-refractivity contribution in [2.45, 2.75) is 12.5 Å². The quantitative estimate of drug-likeness (QED) is 0.727. The van der Waals surface area contributed by atoms with Crippen LogP contribution in [0.4, 0.5) is 0 Å². The first-order valence-electron chi connectivity index (χ1n) is 8.20. The zero-order valence-corrected chi connectivity index (χ0v) is 16.0. The summed E-state index contributed by atoms with van der Waals surface area (Å²) in [7, 11) is -2.87. The fraction of sp³-hybridized carbons (Fsp3) is 0.471. The van der Waals surface area contributed by atoms with E-state index in [-0.39, 0.29) is 23.5 Å². The Hall–Kier alpha value is -1.08. The number of amides is 1. The summed E-state index contributed by atoms with van der Waals surface area (Å²) in [5.74, 6) is 0.478. The van der Waals surface area contributed by atoms with Crippen LogP contribution in [0.2, 0.25) is 10.0 Å². The van der Waals surface area contributed by atoms with Crippen LogP contribution in [0.5, 0.6) is 0 Å². The van der Waals surface area contributed by atoms with Crippen LogP contribution in [-0.2, 0) is 14.6 Å². The Morgan fingerprint density at radius 1 is 1.12 bits per heavy atom. The zero-order valence-electron chi connectivity index (χ0n) is 13.7. The number of carbonyl (C=O) groups excluding carboxylic acids is 1. The lowest BCUT2D eigenvalue weighted by atomic mass is 10.2. The lowest BCUT2D eigenvalue weighted by molar-refractivity contribution is -0.127. The number of carbonyl (C=O) groups is 1. The van der Waals surface area contributed by atoms with Crippen molar-refractivity contribution in [2.75, 3.05) is 37.7 Å². The first kappa shape index (κ1) is 18.7. The van der Waals surface area contributed by atoms with Crippen molar-refractivity contribution in [2.24, 2.45) is 0 Å². The molecule has 0 radical (unpaired) electrons. The van der Waals surface area contributed by atoms with E-state index in [1.54, 1.807) is 29.2 Å².